The number of aromatic carboxylic acids is 1. The second-order valence-electron chi connectivity index (χ2n) is 4.78. The molecule has 0 spiro atoms. The van der Waals surface area contributed by atoms with Crippen LogP contribution in [0.15, 0.2) is 6.20 Å². The Bertz CT molecular complexity index is 601. The molecule has 1 aliphatic rings. The fraction of sp³-hybridized carbons (Fsp3) is 0.667. The molecule has 5 atom stereocenters. The first-order valence-electron chi connectivity index (χ1n) is 5.99. The normalized spacial score (nSPS) is 30.4. The van der Waals surface area contributed by atoms with E-state index < -0.39 is 56.1 Å². The Hall–Kier alpha value is -1.40. The summed E-state index contributed by atoms with van der Waals surface area (Å²) >= 11 is 0. The summed E-state index contributed by atoms with van der Waals surface area (Å²) in [6.45, 7) is 0. The van der Waals surface area contributed by atoms with Crippen molar-refractivity contribution in [1.82, 2.24) is 15.0 Å². The molecule has 0 saturated carbocycles. The number of aliphatic hydroxyl groups is 3. The van der Waals surface area contributed by atoms with E-state index in [1.165, 1.54) is 0 Å². The summed E-state index contributed by atoms with van der Waals surface area (Å²) in [6.07, 6.45) is -7.84. The smallest absolute Gasteiger partial charge is 0.358 e. The number of carboxylic acid groups (broad SMARTS) is 1. The topological polar surface area (TPSA) is 195 Å². The van der Waals surface area contributed by atoms with Crippen molar-refractivity contribution in [2.24, 2.45) is 0 Å². The Morgan fingerprint density at radius 3 is 2.55 bits per heavy atom. The van der Waals surface area contributed by atoms with Gasteiger partial charge in [-0.3, -0.25) is 4.57 Å². The zero-order chi connectivity index (χ0) is 16.7. The molecule has 0 unspecified atom stereocenters. The first kappa shape index (κ1) is 17.0. The average molecular weight is 339 g/mol. The van der Waals surface area contributed by atoms with Crippen LogP contribution in [0.5, 0.6) is 0 Å². The Labute approximate surface area is 122 Å². The Morgan fingerprint density at radius 1 is 1.41 bits per heavy atom. The number of carboxylic acids is 1. The molecule has 1 aromatic heterocycles. The second-order valence-corrected chi connectivity index (χ2v) is 6.47. The number of hydrogen-bond acceptors (Lipinski definition) is 8. The van der Waals surface area contributed by atoms with Gasteiger partial charge in [-0.2, -0.15) is 0 Å². The predicted octanol–water partition coefficient (Wildman–Crippen LogP) is -2.87. The van der Waals surface area contributed by atoms with Gasteiger partial charge in [0.05, 0.1) is 18.5 Å². The van der Waals surface area contributed by atoms with Crippen LogP contribution >= 0.6 is 7.60 Å². The molecule has 0 bridgehead atoms. The van der Waals surface area contributed by atoms with Crippen molar-refractivity contribution in [3.8, 4) is 0 Å². The van der Waals surface area contributed by atoms with E-state index in [2.05, 4.69) is 10.3 Å². The molecule has 0 radical (unpaired) electrons. The molecule has 6 N–H and O–H groups in total. The number of rotatable bonds is 5. The van der Waals surface area contributed by atoms with Crippen molar-refractivity contribution in [3.63, 3.8) is 0 Å². The fourth-order valence-electron chi connectivity index (χ4n) is 2.07. The molecule has 2 rings (SSSR count). The van der Waals surface area contributed by atoms with Gasteiger partial charge >= 0.3 is 13.6 Å². The zero-order valence-electron chi connectivity index (χ0n) is 10.9. The lowest BCUT2D eigenvalue weighted by Crippen LogP contribution is -2.40. The highest BCUT2D eigenvalue weighted by molar-refractivity contribution is 7.51. The quantitative estimate of drug-likeness (QED) is 0.302. The van der Waals surface area contributed by atoms with Gasteiger partial charge in [-0.1, -0.05) is 5.21 Å². The zero-order valence-corrected chi connectivity index (χ0v) is 11.8. The maximum Gasteiger partial charge on any atom is 0.358 e. The summed E-state index contributed by atoms with van der Waals surface area (Å²) in [5.41, 5.74) is -0.426. The van der Waals surface area contributed by atoms with Crippen LogP contribution in [-0.2, 0) is 9.30 Å². The lowest BCUT2D eigenvalue weighted by atomic mass is 10.1. The SMILES string of the molecule is O=C(O)c1cn([C@@H]2O[C@H]([C@H](O)CP(=O)(O)O)[C@@H](O)[C@H]2O)nn1. The first-order chi connectivity index (χ1) is 10.1. The molecular formula is C9H14N3O9P. The van der Waals surface area contributed by atoms with Crippen LogP contribution in [0, 0.1) is 0 Å². The predicted molar refractivity (Wildman–Crippen MR) is 65.8 cm³/mol. The van der Waals surface area contributed by atoms with Crippen molar-refractivity contribution in [2.45, 2.75) is 30.6 Å². The van der Waals surface area contributed by atoms with E-state index in [4.69, 9.17) is 19.6 Å². The third kappa shape index (κ3) is 3.50. The number of ether oxygens (including phenoxy) is 1. The average Bonchev–Trinajstić information content (AvgIpc) is 2.94. The van der Waals surface area contributed by atoms with Gasteiger partial charge in [-0.15, -0.1) is 5.10 Å². The van der Waals surface area contributed by atoms with Crippen molar-refractivity contribution >= 4 is 13.6 Å². The van der Waals surface area contributed by atoms with E-state index in [-0.39, 0.29) is 0 Å². The van der Waals surface area contributed by atoms with E-state index in [1.807, 2.05) is 0 Å². The lowest BCUT2D eigenvalue weighted by molar-refractivity contribution is -0.0833. The minimum absolute atomic E-state index is 0.426. The van der Waals surface area contributed by atoms with Crippen molar-refractivity contribution < 1.29 is 44.3 Å². The molecule has 22 heavy (non-hydrogen) atoms. The first-order valence-corrected chi connectivity index (χ1v) is 7.79. The van der Waals surface area contributed by atoms with Gasteiger partial charge in [0.25, 0.3) is 0 Å². The number of carbonyl (C=O) groups is 1. The summed E-state index contributed by atoms with van der Waals surface area (Å²) in [4.78, 5) is 28.3. The van der Waals surface area contributed by atoms with Crippen molar-refractivity contribution in [1.29, 1.82) is 0 Å². The Kier molecular flexibility index (Phi) is 4.63. The molecule has 12 nitrogen and oxygen atoms in total. The summed E-state index contributed by atoms with van der Waals surface area (Å²) in [6, 6.07) is 0. The van der Waals surface area contributed by atoms with Gasteiger partial charge in [-0.05, 0) is 0 Å². The highest BCUT2D eigenvalue weighted by Gasteiger charge is 2.48. The highest BCUT2D eigenvalue weighted by atomic mass is 31.2. The summed E-state index contributed by atoms with van der Waals surface area (Å²) in [7, 11) is -4.56. The van der Waals surface area contributed by atoms with Crippen LogP contribution in [-0.4, -0.2) is 81.8 Å². The highest BCUT2D eigenvalue weighted by Crippen LogP contribution is 2.39. The molecule has 0 aliphatic carbocycles. The number of hydrogen-bond donors (Lipinski definition) is 6. The van der Waals surface area contributed by atoms with E-state index in [9.17, 15) is 24.7 Å². The molecular weight excluding hydrogens is 325 g/mol. The molecule has 1 saturated heterocycles. The number of aliphatic hydroxyl groups excluding tert-OH is 3. The van der Waals surface area contributed by atoms with E-state index in [0.717, 1.165) is 10.9 Å². The van der Waals surface area contributed by atoms with Crippen molar-refractivity contribution in [3.05, 3.63) is 11.9 Å². The van der Waals surface area contributed by atoms with Gasteiger partial charge in [0.2, 0.25) is 0 Å². The maximum absolute atomic E-state index is 10.9. The van der Waals surface area contributed by atoms with Gasteiger partial charge in [-0.25, -0.2) is 9.48 Å². The van der Waals surface area contributed by atoms with Gasteiger partial charge in [0.1, 0.15) is 18.3 Å². The van der Waals surface area contributed by atoms with Gasteiger partial charge in [0, 0.05) is 0 Å². The summed E-state index contributed by atoms with van der Waals surface area (Å²) in [5.74, 6) is -1.36. The van der Waals surface area contributed by atoms with Crippen LogP contribution in [0.1, 0.15) is 16.7 Å². The van der Waals surface area contributed by atoms with E-state index in [1.54, 1.807) is 0 Å². The maximum atomic E-state index is 10.9. The van der Waals surface area contributed by atoms with Crippen LogP contribution in [0.2, 0.25) is 0 Å². The summed E-state index contributed by atoms with van der Waals surface area (Å²) in [5, 5.41) is 44.8. The van der Waals surface area contributed by atoms with Crippen LogP contribution < -0.4 is 0 Å². The third-order valence-electron chi connectivity index (χ3n) is 3.07. The van der Waals surface area contributed by atoms with Crippen LogP contribution in [0.25, 0.3) is 0 Å². The Morgan fingerprint density at radius 2 is 2.05 bits per heavy atom. The van der Waals surface area contributed by atoms with Crippen LogP contribution in [0.3, 0.4) is 0 Å². The van der Waals surface area contributed by atoms with Crippen molar-refractivity contribution in [2.75, 3.05) is 6.16 Å². The molecule has 124 valence electrons. The standard InChI is InChI=1S/C9H14N3O9P/c13-4(2-22(18,19)20)7-5(14)6(15)8(21-7)12-1-3(9(16)17)10-11-12/h1,4-8,13-15H,2H2,(H,16,17)(H2,18,19,20)/t4-,5+,6-,7-,8-/m1/s1. The van der Waals surface area contributed by atoms with Crippen LogP contribution in [0.4, 0.5) is 0 Å². The minimum atomic E-state index is -4.56. The van der Waals surface area contributed by atoms with Gasteiger partial charge in [0.15, 0.2) is 11.9 Å². The monoisotopic (exact) mass is 339 g/mol. The molecule has 1 fully saturated rings. The molecule has 2 heterocycles. The molecule has 13 heteroatoms. The largest absolute Gasteiger partial charge is 0.476 e. The second kappa shape index (κ2) is 6.01. The van der Waals surface area contributed by atoms with E-state index in [0.29, 0.717) is 0 Å². The number of nitrogens with zero attached hydrogens (tertiary/aromatic N) is 3. The van der Waals surface area contributed by atoms with E-state index >= 15 is 0 Å². The molecule has 1 aliphatic heterocycles. The lowest BCUT2D eigenvalue weighted by Gasteiger charge is -2.21. The summed E-state index contributed by atoms with van der Waals surface area (Å²) < 4.78 is 16.8. The van der Waals surface area contributed by atoms with Gasteiger partial charge < -0.3 is 34.9 Å². The molecule has 0 amide bonds. The molecule has 0 aromatic carbocycles. The number of aromatic nitrogens is 3. The fourth-order valence-corrected chi connectivity index (χ4v) is 2.76. The molecule has 1 aromatic rings. The minimum Gasteiger partial charge on any atom is -0.476 e. The third-order valence-corrected chi connectivity index (χ3v) is 3.92. The Balaban J connectivity index is 2.15.